The number of rotatable bonds is 5. The molecule has 0 spiro atoms. The first kappa shape index (κ1) is 28.6. The van der Waals surface area contributed by atoms with E-state index >= 15 is 0 Å². The number of pyridine rings is 1. The van der Waals surface area contributed by atoms with E-state index in [0.717, 1.165) is 11.1 Å². The van der Waals surface area contributed by atoms with E-state index in [4.69, 9.17) is 10.00 Å². The molecule has 1 N–H and O–H groups in total. The number of alkyl halides is 5. The Balaban J connectivity index is 1.34. The van der Waals surface area contributed by atoms with Crippen LogP contribution in [0.4, 0.5) is 33.6 Å². The van der Waals surface area contributed by atoms with Gasteiger partial charge in [-0.3, -0.25) is 14.6 Å². The molecule has 0 unspecified atom stereocenters. The number of nitrogens with one attached hydrogen (secondary N) is 1. The molecule has 0 atom stereocenters. The summed E-state index contributed by atoms with van der Waals surface area (Å²) in [7, 11) is 0. The average molecular weight is 592 g/mol. The molecule has 3 aromatic heterocycles. The third kappa shape index (κ3) is 6.06. The minimum absolute atomic E-state index is 0.0789. The summed E-state index contributed by atoms with van der Waals surface area (Å²) in [5.41, 5.74) is -3.54. The number of piperidine rings is 1. The molecular weight excluding hydrogens is 569 g/mol. The van der Waals surface area contributed by atoms with E-state index < -0.39 is 66.6 Å². The number of hydrogen-bond donors (Lipinski definition) is 1. The van der Waals surface area contributed by atoms with Crippen molar-refractivity contribution >= 4 is 17.5 Å². The Morgan fingerprint density at radius 2 is 1.67 bits per heavy atom. The fourth-order valence-corrected chi connectivity index (χ4v) is 4.65. The van der Waals surface area contributed by atoms with E-state index in [2.05, 4.69) is 20.1 Å². The minimum Gasteiger partial charge on any atom is -0.434 e. The molecule has 0 aliphatic carbocycles. The molecule has 0 radical (unpaired) electrons. The number of aromatic nitrogens is 5. The third-order valence-corrected chi connectivity index (χ3v) is 6.81. The fourth-order valence-electron chi connectivity index (χ4n) is 4.65. The fraction of sp³-hybridized carbons (Fsp3) is 0.400. The maximum atomic E-state index is 13.9. The Hall–Kier alpha value is -4.88. The number of nitrogens with zero attached hydrogens (tertiary/aromatic N) is 8. The number of nitriles is 1. The summed E-state index contributed by atoms with van der Waals surface area (Å²) in [6.45, 7) is 0.477. The van der Waals surface area contributed by atoms with Gasteiger partial charge in [0.05, 0.1) is 29.7 Å². The molecule has 3 aromatic rings. The molecule has 0 aromatic carbocycles. The number of anilines is 2. The summed E-state index contributed by atoms with van der Waals surface area (Å²) >= 11 is 0. The van der Waals surface area contributed by atoms with Gasteiger partial charge in [0.15, 0.2) is 5.56 Å². The lowest BCUT2D eigenvalue weighted by Gasteiger charge is -2.35. The zero-order valence-electron chi connectivity index (χ0n) is 21.7. The van der Waals surface area contributed by atoms with Gasteiger partial charge in [-0.25, -0.2) is 23.8 Å². The van der Waals surface area contributed by atoms with Gasteiger partial charge >= 0.3 is 6.18 Å². The van der Waals surface area contributed by atoms with Gasteiger partial charge in [-0.1, -0.05) is 0 Å². The van der Waals surface area contributed by atoms with Crippen LogP contribution in [-0.2, 0) is 6.18 Å². The summed E-state index contributed by atoms with van der Waals surface area (Å²) in [5.74, 6) is -3.88. The standard InChI is InChI=1S/C25H22F5N9O3/c26-24(27)1-3-37(4-2-24)19-18(25(28,29)30)20(40)35-36-21(19)42-17-9-16(13-32-14-17)22(41)38-5-7-39(8-6-38)23-33-11-15(10-31)12-34-23/h9,11-14H,1-8H2,(H,35,40). The molecule has 2 aliphatic heterocycles. The van der Waals surface area contributed by atoms with Crippen LogP contribution in [0.5, 0.6) is 11.6 Å². The molecule has 1 amide bonds. The van der Waals surface area contributed by atoms with Crippen LogP contribution in [0.3, 0.4) is 0 Å². The largest absolute Gasteiger partial charge is 0.434 e. The van der Waals surface area contributed by atoms with Crippen molar-refractivity contribution in [2.45, 2.75) is 24.9 Å². The van der Waals surface area contributed by atoms with Crippen LogP contribution < -0.4 is 20.1 Å². The van der Waals surface area contributed by atoms with Crippen LogP contribution >= 0.6 is 0 Å². The smallest absolute Gasteiger partial charge is 0.423 e. The molecule has 0 bridgehead atoms. The summed E-state index contributed by atoms with van der Waals surface area (Å²) in [6, 6.07) is 3.20. The minimum atomic E-state index is -5.13. The van der Waals surface area contributed by atoms with Crippen LogP contribution in [-0.4, -0.2) is 81.1 Å². The number of piperazine rings is 1. The zero-order valence-corrected chi connectivity index (χ0v) is 21.7. The highest BCUT2D eigenvalue weighted by Crippen LogP contribution is 2.42. The molecule has 12 nitrogen and oxygen atoms in total. The van der Waals surface area contributed by atoms with E-state index in [1.54, 1.807) is 10.00 Å². The Kier molecular flexibility index (Phi) is 7.63. The Labute approximate surface area is 234 Å². The molecule has 17 heteroatoms. The lowest BCUT2D eigenvalue weighted by atomic mass is 10.1. The predicted molar refractivity (Wildman–Crippen MR) is 135 cm³/mol. The van der Waals surface area contributed by atoms with Crippen molar-refractivity contribution in [2.24, 2.45) is 0 Å². The first-order valence-electron chi connectivity index (χ1n) is 12.7. The lowest BCUT2D eigenvalue weighted by molar-refractivity contribution is -0.138. The van der Waals surface area contributed by atoms with Crippen LogP contribution in [0, 0.1) is 11.3 Å². The highest BCUT2D eigenvalue weighted by molar-refractivity contribution is 5.94. The number of carbonyl (C=O) groups excluding carboxylic acids is 1. The van der Waals surface area contributed by atoms with Gasteiger partial charge < -0.3 is 19.4 Å². The quantitative estimate of drug-likeness (QED) is 0.440. The monoisotopic (exact) mass is 591 g/mol. The van der Waals surface area contributed by atoms with Gasteiger partial charge in [0.1, 0.15) is 17.5 Å². The van der Waals surface area contributed by atoms with Gasteiger partial charge in [0.2, 0.25) is 5.95 Å². The maximum Gasteiger partial charge on any atom is 0.423 e. The first-order valence-corrected chi connectivity index (χ1v) is 12.7. The topological polar surface area (TPSA) is 144 Å². The van der Waals surface area contributed by atoms with Crippen molar-refractivity contribution < 1.29 is 31.5 Å². The highest BCUT2D eigenvalue weighted by atomic mass is 19.4. The third-order valence-electron chi connectivity index (χ3n) is 6.81. The molecule has 42 heavy (non-hydrogen) atoms. The molecular formula is C25H22F5N9O3. The van der Waals surface area contributed by atoms with Crippen molar-refractivity contribution in [3.05, 3.63) is 57.9 Å². The van der Waals surface area contributed by atoms with Gasteiger partial charge in [0.25, 0.3) is 23.3 Å². The number of ether oxygens (including phenoxy) is 1. The summed E-state index contributed by atoms with van der Waals surface area (Å²) in [5, 5.41) is 14.3. The molecule has 2 aliphatic rings. The Morgan fingerprint density at radius 1 is 1.00 bits per heavy atom. The highest BCUT2D eigenvalue weighted by Gasteiger charge is 2.43. The van der Waals surface area contributed by atoms with Crippen LogP contribution in [0.1, 0.15) is 34.3 Å². The Bertz CT molecular complexity index is 1560. The SMILES string of the molecule is N#Cc1cnc(N2CCN(C(=O)c3cncc(Oc4n[nH]c(=O)c(C(F)(F)F)c4N4CCC(F)(F)CC4)c3)CC2)nc1. The van der Waals surface area contributed by atoms with Crippen molar-refractivity contribution in [3.8, 4) is 17.7 Å². The molecule has 0 saturated carbocycles. The van der Waals surface area contributed by atoms with Crippen molar-refractivity contribution in [1.29, 1.82) is 5.26 Å². The van der Waals surface area contributed by atoms with Gasteiger partial charge in [-0.05, 0) is 6.07 Å². The normalized spacial score (nSPS) is 17.1. The predicted octanol–water partition coefficient (Wildman–Crippen LogP) is 2.84. The van der Waals surface area contributed by atoms with Crippen molar-refractivity contribution in [2.75, 3.05) is 49.1 Å². The van der Waals surface area contributed by atoms with Gasteiger partial charge in [-0.2, -0.15) is 18.4 Å². The second-order valence-corrected chi connectivity index (χ2v) is 9.60. The van der Waals surface area contributed by atoms with Crippen LogP contribution in [0.25, 0.3) is 0 Å². The first-order chi connectivity index (χ1) is 19.9. The number of carbonyl (C=O) groups is 1. The Morgan fingerprint density at radius 3 is 2.29 bits per heavy atom. The van der Waals surface area contributed by atoms with Crippen molar-refractivity contribution in [3.63, 3.8) is 0 Å². The van der Waals surface area contributed by atoms with E-state index in [9.17, 15) is 31.5 Å². The molecule has 5 heterocycles. The van der Waals surface area contributed by atoms with E-state index in [1.165, 1.54) is 24.7 Å². The number of halogens is 5. The van der Waals surface area contributed by atoms with Crippen molar-refractivity contribution in [1.82, 2.24) is 30.0 Å². The van der Waals surface area contributed by atoms with E-state index in [0.29, 0.717) is 37.7 Å². The second kappa shape index (κ2) is 11.2. The average Bonchev–Trinajstić information content (AvgIpc) is 2.97. The zero-order chi connectivity index (χ0) is 30.1. The maximum absolute atomic E-state index is 13.9. The second-order valence-electron chi connectivity index (χ2n) is 9.60. The number of H-pyrrole nitrogens is 1. The van der Waals surface area contributed by atoms with Gasteiger partial charge in [-0.15, -0.1) is 5.10 Å². The van der Waals surface area contributed by atoms with E-state index in [-0.39, 0.29) is 11.3 Å². The molecule has 5 rings (SSSR count). The van der Waals surface area contributed by atoms with E-state index in [1.807, 2.05) is 11.0 Å². The van der Waals surface area contributed by atoms with Crippen LogP contribution in [0.2, 0.25) is 0 Å². The number of hydrogen-bond acceptors (Lipinski definition) is 10. The lowest BCUT2D eigenvalue weighted by Crippen LogP contribution is -2.49. The van der Waals surface area contributed by atoms with Gasteiger partial charge in [0, 0.05) is 58.3 Å². The van der Waals surface area contributed by atoms with Crippen LogP contribution in [0.15, 0.2) is 35.6 Å². The molecule has 2 saturated heterocycles. The summed E-state index contributed by atoms with van der Waals surface area (Å²) < 4.78 is 74.8. The number of amides is 1. The summed E-state index contributed by atoms with van der Waals surface area (Å²) in [4.78, 5) is 42.0. The number of aromatic amines is 1. The molecule has 220 valence electrons. The molecule has 2 fully saturated rings. The summed E-state index contributed by atoms with van der Waals surface area (Å²) in [6.07, 6.45) is -1.36.